The van der Waals surface area contributed by atoms with Gasteiger partial charge in [0.2, 0.25) is 0 Å². The molecule has 128 valence electrons. The number of fused-ring (bicyclic) bond motifs is 1. The van der Waals surface area contributed by atoms with Crippen molar-refractivity contribution in [3.8, 4) is 11.5 Å². The number of benzene rings is 1. The van der Waals surface area contributed by atoms with Gasteiger partial charge in [0.1, 0.15) is 0 Å². The van der Waals surface area contributed by atoms with E-state index in [-0.39, 0.29) is 5.97 Å². The van der Waals surface area contributed by atoms with Crippen molar-refractivity contribution in [2.75, 3.05) is 19.8 Å². The topological polar surface area (TPSA) is 68.8 Å². The van der Waals surface area contributed by atoms with Gasteiger partial charge in [-0.2, -0.15) is 0 Å². The van der Waals surface area contributed by atoms with Gasteiger partial charge in [-0.1, -0.05) is 12.1 Å². The van der Waals surface area contributed by atoms with Crippen LogP contribution < -0.4 is 20.1 Å². The molecular formula is C17H20N2O4S. The third kappa shape index (κ3) is 3.17. The van der Waals surface area contributed by atoms with Crippen LogP contribution in [0.15, 0.2) is 29.5 Å². The standard InChI is InChI=1S/C17H20N2O4S/c1-3-21-16(20)13-10(2)18-17(24)19-14(13)11-6-4-7-12-15(11)23-9-5-8-22-12/h4,6-7,14H,3,5,8-9H2,1-2H3,(H2,18,19,24)/t14-/m1/s1. The largest absolute Gasteiger partial charge is 0.490 e. The van der Waals surface area contributed by atoms with Gasteiger partial charge in [-0.05, 0) is 32.1 Å². The highest BCUT2D eigenvalue weighted by atomic mass is 32.1. The lowest BCUT2D eigenvalue weighted by Gasteiger charge is -2.30. The van der Waals surface area contributed by atoms with E-state index in [0.717, 1.165) is 12.0 Å². The van der Waals surface area contributed by atoms with Crippen LogP contribution in [0.2, 0.25) is 0 Å². The van der Waals surface area contributed by atoms with Crippen LogP contribution in [-0.4, -0.2) is 30.9 Å². The molecule has 6 nitrogen and oxygen atoms in total. The van der Waals surface area contributed by atoms with Crippen molar-refractivity contribution in [2.45, 2.75) is 26.3 Å². The van der Waals surface area contributed by atoms with Crippen molar-refractivity contribution >= 4 is 23.3 Å². The van der Waals surface area contributed by atoms with E-state index in [1.54, 1.807) is 6.92 Å². The van der Waals surface area contributed by atoms with E-state index >= 15 is 0 Å². The number of rotatable bonds is 3. The lowest BCUT2D eigenvalue weighted by molar-refractivity contribution is -0.139. The number of para-hydroxylation sites is 1. The van der Waals surface area contributed by atoms with Gasteiger partial charge in [0.15, 0.2) is 16.6 Å². The Labute approximate surface area is 146 Å². The number of carbonyl (C=O) groups is 1. The van der Waals surface area contributed by atoms with Gasteiger partial charge < -0.3 is 24.8 Å². The van der Waals surface area contributed by atoms with Gasteiger partial charge >= 0.3 is 5.97 Å². The summed E-state index contributed by atoms with van der Waals surface area (Å²) in [5, 5.41) is 6.59. The Balaban J connectivity index is 2.07. The molecule has 24 heavy (non-hydrogen) atoms. The zero-order valence-corrected chi connectivity index (χ0v) is 14.5. The summed E-state index contributed by atoms with van der Waals surface area (Å²) in [5.74, 6) is 0.943. The molecule has 0 bridgehead atoms. The van der Waals surface area contributed by atoms with Crippen LogP contribution in [0.1, 0.15) is 31.9 Å². The van der Waals surface area contributed by atoms with Crippen molar-refractivity contribution in [3.05, 3.63) is 35.0 Å². The maximum absolute atomic E-state index is 12.5. The zero-order valence-electron chi connectivity index (χ0n) is 13.7. The zero-order chi connectivity index (χ0) is 17.1. The Bertz CT molecular complexity index is 702. The molecule has 0 aromatic heterocycles. The third-order valence-corrected chi connectivity index (χ3v) is 4.10. The van der Waals surface area contributed by atoms with E-state index in [9.17, 15) is 4.79 Å². The number of carbonyl (C=O) groups excluding carboxylic acids is 1. The highest BCUT2D eigenvalue weighted by Crippen LogP contribution is 2.40. The van der Waals surface area contributed by atoms with Gasteiger partial charge in [-0.25, -0.2) is 4.79 Å². The van der Waals surface area contributed by atoms with E-state index in [1.807, 2.05) is 25.1 Å². The number of ether oxygens (including phenoxy) is 3. The van der Waals surface area contributed by atoms with Crippen LogP contribution in [-0.2, 0) is 9.53 Å². The molecule has 7 heteroatoms. The van der Waals surface area contributed by atoms with Gasteiger partial charge in [-0.15, -0.1) is 0 Å². The first kappa shape index (κ1) is 16.6. The molecule has 0 radical (unpaired) electrons. The summed E-state index contributed by atoms with van der Waals surface area (Å²) in [7, 11) is 0. The highest BCUT2D eigenvalue weighted by molar-refractivity contribution is 7.80. The predicted octanol–water partition coefficient (Wildman–Crippen LogP) is 2.20. The Morgan fingerprint density at radius 3 is 2.96 bits per heavy atom. The van der Waals surface area contributed by atoms with Gasteiger partial charge in [0.05, 0.1) is 31.4 Å². The summed E-state index contributed by atoms with van der Waals surface area (Å²) in [6.07, 6.45) is 0.811. The predicted molar refractivity (Wildman–Crippen MR) is 93.0 cm³/mol. The number of thiocarbonyl (C=S) groups is 1. The number of hydrogen-bond donors (Lipinski definition) is 2. The van der Waals surface area contributed by atoms with Crippen molar-refractivity contribution in [1.82, 2.24) is 10.6 Å². The molecule has 1 aromatic carbocycles. The fourth-order valence-electron chi connectivity index (χ4n) is 2.85. The molecule has 2 heterocycles. The molecule has 0 fully saturated rings. The molecule has 1 aromatic rings. The monoisotopic (exact) mass is 348 g/mol. The Morgan fingerprint density at radius 2 is 2.17 bits per heavy atom. The van der Waals surface area contributed by atoms with E-state index in [0.29, 0.717) is 47.7 Å². The summed E-state index contributed by atoms with van der Waals surface area (Å²) < 4.78 is 16.8. The lowest BCUT2D eigenvalue weighted by Crippen LogP contribution is -2.45. The Morgan fingerprint density at radius 1 is 1.38 bits per heavy atom. The third-order valence-electron chi connectivity index (χ3n) is 3.88. The molecule has 0 unspecified atom stereocenters. The van der Waals surface area contributed by atoms with Crippen LogP contribution in [0.25, 0.3) is 0 Å². The minimum absolute atomic E-state index is 0.305. The van der Waals surface area contributed by atoms with Crippen LogP contribution in [0.4, 0.5) is 0 Å². The molecule has 0 aliphatic carbocycles. The van der Waals surface area contributed by atoms with E-state index in [4.69, 9.17) is 26.4 Å². The van der Waals surface area contributed by atoms with E-state index < -0.39 is 6.04 Å². The first-order valence-electron chi connectivity index (χ1n) is 7.95. The summed E-state index contributed by atoms with van der Waals surface area (Å²) in [6.45, 7) is 5.07. The van der Waals surface area contributed by atoms with Crippen molar-refractivity contribution < 1.29 is 19.0 Å². The molecular weight excluding hydrogens is 328 g/mol. The van der Waals surface area contributed by atoms with Gasteiger partial charge in [-0.3, -0.25) is 0 Å². The smallest absolute Gasteiger partial charge is 0.338 e. The van der Waals surface area contributed by atoms with E-state index in [1.165, 1.54) is 0 Å². The average molecular weight is 348 g/mol. The Hall–Kier alpha value is -2.28. The van der Waals surface area contributed by atoms with Crippen molar-refractivity contribution in [1.29, 1.82) is 0 Å². The number of nitrogens with one attached hydrogen (secondary N) is 2. The minimum atomic E-state index is -0.450. The summed E-state index contributed by atoms with van der Waals surface area (Å²) in [4.78, 5) is 12.5. The fourth-order valence-corrected chi connectivity index (χ4v) is 3.12. The summed E-state index contributed by atoms with van der Waals surface area (Å²) in [6, 6.07) is 5.21. The highest BCUT2D eigenvalue weighted by Gasteiger charge is 2.33. The lowest BCUT2D eigenvalue weighted by atomic mass is 9.94. The average Bonchev–Trinajstić information content (AvgIpc) is 2.79. The molecule has 0 amide bonds. The molecule has 2 aliphatic rings. The van der Waals surface area contributed by atoms with Crippen LogP contribution in [0.5, 0.6) is 11.5 Å². The van der Waals surface area contributed by atoms with Crippen LogP contribution in [0, 0.1) is 0 Å². The molecule has 0 spiro atoms. The van der Waals surface area contributed by atoms with E-state index in [2.05, 4.69) is 10.6 Å². The summed E-state index contributed by atoms with van der Waals surface area (Å²) in [5.41, 5.74) is 1.97. The maximum Gasteiger partial charge on any atom is 0.338 e. The van der Waals surface area contributed by atoms with Crippen LogP contribution in [0.3, 0.4) is 0 Å². The van der Waals surface area contributed by atoms with Crippen molar-refractivity contribution in [3.63, 3.8) is 0 Å². The minimum Gasteiger partial charge on any atom is -0.490 e. The first-order chi connectivity index (χ1) is 11.6. The number of allylic oxidation sites excluding steroid dienone is 1. The molecule has 2 aliphatic heterocycles. The maximum atomic E-state index is 12.5. The number of esters is 1. The first-order valence-corrected chi connectivity index (χ1v) is 8.36. The second-order valence-corrected chi connectivity index (χ2v) is 5.92. The Kier molecular flexibility index (Phi) is 4.89. The fraction of sp³-hybridized carbons (Fsp3) is 0.412. The number of hydrogen-bond acceptors (Lipinski definition) is 5. The summed E-state index contributed by atoms with van der Waals surface area (Å²) >= 11 is 5.26. The second-order valence-electron chi connectivity index (χ2n) is 5.52. The second kappa shape index (κ2) is 7.09. The van der Waals surface area contributed by atoms with Crippen LogP contribution >= 0.6 is 12.2 Å². The molecule has 0 saturated heterocycles. The quantitative estimate of drug-likeness (QED) is 0.641. The SMILES string of the molecule is CCOC(=O)C1=C(C)NC(=S)N[C@@H]1c1cccc2c1OCCCO2. The molecule has 2 N–H and O–H groups in total. The van der Waals surface area contributed by atoms with Crippen molar-refractivity contribution in [2.24, 2.45) is 0 Å². The van der Waals surface area contributed by atoms with Gasteiger partial charge in [0, 0.05) is 17.7 Å². The van der Waals surface area contributed by atoms with Gasteiger partial charge in [0.25, 0.3) is 0 Å². The molecule has 3 rings (SSSR count). The molecule has 0 saturated carbocycles. The normalized spacial score (nSPS) is 19.9. The molecule has 1 atom stereocenters.